The SMILES string of the molecule is CS(=O)(=O)NC(=O)c1ccc(Oc2cccc(F)c2F)cc1. The molecule has 116 valence electrons. The van der Waals surface area contributed by atoms with Crippen LogP contribution in [0.5, 0.6) is 11.5 Å². The van der Waals surface area contributed by atoms with Crippen molar-refractivity contribution < 1.29 is 26.7 Å². The molecule has 0 saturated heterocycles. The average Bonchev–Trinajstić information content (AvgIpc) is 2.43. The van der Waals surface area contributed by atoms with Crippen LogP contribution in [0.1, 0.15) is 10.4 Å². The molecule has 8 heteroatoms. The Morgan fingerprint density at radius 3 is 2.32 bits per heavy atom. The molecule has 1 amide bonds. The molecule has 0 fully saturated rings. The molecule has 0 spiro atoms. The van der Waals surface area contributed by atoms with Crippen LogP contribution in [0.4, 0.5) is 8.78 Å². The Hall–Kier alpha value is -2.48. The zero-order chi connectivity index (χ0) is 16.3. The van der Waals surface area contributed by atoms with Gasteiger partial charge >= 0.3 is 0 Å². The number of sulfonamides is 1. The van der Waals surface area contributed by atoms with E-state index in [-0.39, 0.29) is 17.1 Å². The van der Waals surface area contributed by atoms with Crippen LogP contribution in [0.25, 0.3) is 0 Å². The van der Waals surface area contributed by atoms with Gasteiger partial charge in [0.25, 0.3) is 5.91 Å². The quantitative estimate of drug-likeness (QED) is 0.936. The molecule has 0 saturated carbocycles. The first kappa shape index (κ1) is 15.9. The van der Waals surface area contributed by atoms with E-state index in [9.17, 15) is 22.0 Å². The number of nitrogens with one attached hydrogen (secondary N) is 1. The third-order valence-electron chi connectivity index (χ3n) is 2.54. The van der Waals surface area contributed by atoms with Gasteiger partial charge in [0.15, 0.2) is 11.6 Å². The van der Waals surface area contributed by atoms with Crippen molar-refractivity contribution in [2.24, 2.45) is 0 Å². The second-order valence-corrected chi connectivity index (χ2v) is 6.13. The molecule has 1 N–H and O–H groups in total. The summed E-state index contributed by atoms with van der Waals surface area (Å²) in [4.78, 5) is 11.6. The lowest BCUT2D eigenvalue weighted by molar-refractivity contribution is 0.0981. The Morgan fingerprint density at radius 2 is 1.73 bits per heavy atom. The molecule has 2 aromatic carbocycles. The van der Waals surface area contributed by atoms with E-state index in [4.69, 9.17) is 4.74 Å². The second-order valence-electron chi connectivity index (χ2n) is 4.38. The number of carbonyl (C=O) groups excluding carboxylic acids is 1. The molecule has 0 heterocycles. The Kier molecular flexibility index (Phi) is 4.41. The van der Waals surface area contributed by atoms with E-state index in [2.05, 4.69) is 0 Å². The zero-order valence-corrected chi connectivity index (χ0v) is 12.2. The molecule has 0 radical (unpaired) electrons. The highest BCUT2D eigenvalue weighted by Crippen LogP contribution is 2.25. The highest BCUT2D eigenvalue weighted by molar-refractivity contribution is 7.89. The van der Waals surface area contributed by atoms with Gasteiger partial charge in [0.05, 0.1) is 6.26 Å². The van der Waals surface area contributed by atoms with E-state index in [1.807, 2.05) is 0 Å². The maximum absolute atomic E-state index is 13.4. The van der Waals surface area contributed by atoms with E-state index < -0.39 is 27.6 Å². The second kappa shape index (κ2) is 6.10. The van der Waals surface area contributed by atoms with Crippen molar-refractivity contribution in [2.75, 3.05) is 6.26 Å². The van der Waals surface area contributed by atoms with E-state index in [0.29, 0.717) is 0 Å². The lowest BCUT2D eigenvalue weighted by Gasteiger charge is -2.08. The van der Waals surface area contributed by atoms with Crippen molar-refractivity contribution in [3.05, 3.63) is 59.7 Å². The van der Waals surface area contributed by atoms with Crippen molar-refractivity contribution in [1.29, 1.82) is 0 Å². The maximum atomic E-state index is 13.4. The van der Waals surface area contributed by atoms with Gasteiger partial charge in [-0.2, -0.15) is 4.39 Å². The van der Waals surface area contributed by atoms with Crippen LogP contribution in [0, 0.1) is 11.6 Å². The minimum atomic E-state index is -3.66. The number of halogens is 2. The monoisotopic (exact) mass is 327 g/mol. The van der Waals surface area contributed by atoms with Crippen LogP contribution < -0.4 is 9.46 Å². The molecule has 0 unspecified atom stereocenters. The summed E-state index contributed by atoms with van der Waals surface area (Å²) in [5.41, 5.74) is 0.0810. The lowest BCUT2D eigenvalue weighted by Crippen LogP contribution is -2.29. The Morgan fingerprint density at radius 1 is 1.09 bits per heavy atom. The first-order valence-electron chi connectivity index (χ1n) is 6.00. The number of hydrogen-bond donors (Lipinski definition) is 1. The van der Waals surface area contributed by atoms with Gasteiger partial charge in [0, 0.05) is 5.56 Å². The van der Waals surface area contributed by atoms with Crippen molar-refractivity contribution in [1.82, 2.24) is 4.72 Å². The highest BCUT2D eigenvalue weighted by Gasteiger charge is 2.12. The number of rotatable bonds is 4. The van der Waals surface area contributed by atoms with Crippen LogP contribution in [0.15, 0.2) is 42.5 Å². The maximum Gasteiger partial charge on any atom is 0.264 e. The summed E-state index contributed by atoms with van der Waals surface area (Å²) < 4.78 is 55.4. The predicted molar refractivity (Wildman–Crippen MR) is 75.2 cm³/mol. The summed E-state index contributed by atoms with van der Waals surface area (Å²) in [5.74, 6) is -3.09. The van der Waals surface area contributed by atoms with Crippen LogP contribution in [-0.4, -0.2) is 20.6 Å². The van der Waals surface area contributed by atoms with Crippen LogP contribution in [0.3, 0.4) is 0 Å². The molecule has 0 aliphatic heterocycles. The molecular formula is C14H11F2NO4S. The molecule has 22 heavy (non-hydrogen) atoms. The number of amides is 1. The summed E-state index contributed by atoms with van der Waals surface area (Å²) in [7, 11) is -3.66. The highest BCUT2D eigenvalue weighted by atomic mass is 32.2. The smallest absolute Gasteiger partial charge is 0.264 e. The van der Waals surface area contributed by atoms with Gasteiger partial charge in [-0.1, -0.05) is 6.07 Å². The van der Waals surface area contributed by atoms with E-state index in [1.165, 1.54) is 36.4 Å². The van der Waals surface area contributed by atoms with Crippen molar-refractivity contribution in [3.8, 4) is 11.5 Å². The fourth-order valence-electron chi connectivity index (χ4n) is 1.59. The first-order valence-corrected chi connectivity index (χ1v) is 7.89. The van der Waals surface area contributed by atoms with Gasteiger partial charge in [-0.05, 0) is 36.4 Å². The standard InChI is InChI=1S/C14H11F2NO4S/c1-22(19,20)17-14(18)9-5-7-10(8-6-9)21-12-4-2-3-11(15)13(12)16/h2-8H,1H3,(H,17,18). The summed E-state index contributed by atoms with van der Waals surface area (Å²) >= 11 is 0. The summed E-state index contributed by atoms with van der Waals surface area (Å²) in [6.07, 6.45) is 0.856. The van der Waals surface area contributed by atoms with Crippen LogP contribution >= 0.6 is 0 Å². The number of carbonyl (C=O) groups is 1. The van der Waals surface area contributed by atoms with Crippen molar-refractivity contribution in [3.63, 3.8) is 0 Å². The third-order valence-corrected chi connectivity index (χ3v) is 3.09. The zero-order valence-electron chi connectivity index (χ0n) is 11.3. The molecule has 2 rings (SSSR count). The number of benzene rings is 2. The molecule has 5 nitrogen and oxygen atoms in total. The van der Waals surface area contributed by atoms with Gasteiger partial charge in [-0.25, -0.2) is 17.5 Å². The van der Waals surface area contributed by atoms with Gasteiger partial charge in [-0.3, -0.25) is 4.79 Å². The third kappa shape index (κ3) is 4.01. The molecule has 0 bridgehead atoms. The van der Waals surface area contributed by atoms with Crippen molar-refractivity contribution >= 4 is 15.9 Å². The first-order chi connectivity index (χ1) is 10.3. The summed E-state index contributed by atoms with van der Waals surface area (Å²) in [5, 5.41) is 0. The molecule has 0 aliphatic carbocycles. The van der Waals surface area contributed by atoms with E-state index >= 15 is 0 Å². The number of hydrogen-bond acceptors (Lipinski definition) is 4. The lowest BCUT2D eigenvalue weighted by atomic mass is 10.2. The Bertz CT molecular complexity index is 804. The minimum absolute atomic E-state index is 0.0810. The van der Waals surface area contributed by atoms with Gasteiger partial charge < -0.3 is 4.74 Å². The predicted octanol–water partition coefficient (Wildman–Crippen LogP) is 2.45. The molecule has 0 atom stereocenters. The van der Waals surface area contributed by atoms with Crippen LogP contribution in [0.2, 0.25) is 0 Å². The topological polar surface area (TPSA) is 72.5 Å². The fraction of sp³-hybridized carbons (Fsp3) is 0.0714. The molecule has 0 aromatic heterocycles. The molecule has 2 aromatic rings. The summed E-state index contributed by atoms with van der Waals surface area (Å²) in [6.45, 7) is 0. The van der Waals surface area contributed by atoms with Gasteiger partial charge in [0.2, 0.25) is 15.8 Å². The molecular weight excluding hydrogens is 316 g/mol. The van der Waals surface area contributed by atoms with Gasteiger partial charge in [0.1, 0.15) is 5.75 Å². The minimum Gasteiger partial charge on any atom is -0.454 e. The number of ether oxygens (including phenoxy) is 1. The Labute approximate surface area is 125 Å². The van der Waals surface area contributed by atoms with Crippen LogP contribution in [-0.2, 0) is 10.0 Å². The van der Waals surface area contributed by atoms with E-state index in [0.717, 1.165) is 12.3 Å². The largest absolute Gasteiger partial charge is 0.454 e. The van der Waals surface area contributed by atoms with Gasteiger partial charge in [-0.15, -0.1) is 0 Å². The summed E-state index contributed by atoms with van der Waals surface area (Å²) in [6, 6.07) is 8.77. The molecule has 0 aliphatic rings. The average molecular weight is 327 g/mol. The fourth-order valence-corrected chi connectivity index (χ4v) is 2.05. The van der Waals surface area contributed by atoms with Crippen molar-refractivity contribution in [2.45, 2.75) is 0 Å². The normalized spacial score (nSPS) is 11.0. The Balaban J connectivity index is 2.16. The van der Waals surface area contributed by atoms with E-state index in [1.54, 1.807) is 4.72 Å².